The van der Waals surface area contributed by atoms with Gasteiger partial charge in [-0.15, -0.1) is 0 Å². The van der Waals surface area contributed by atoms with Gasteiger partial charge in [-0.2, -0.15) is 0 Å². The van der Waals surface area contributed by atoms with E-state index in [2.05, 4.69) is 100 Å². The average molecular weight is 473 g/mol. The lowest BCUT2D eigenvalue weighted by Gasteiger charge is -2.28. The van der Waals surface area contributed by atoms with Crippen LogP contribution >= 0.6 is 0 Å². The van der Waals surface area contributed by atoms with E-state index in [0.717, 1.165) is 17.1 Å². The fourth-order valence-corrected chi connectivity index (χ4v) is 4.11. The summed E-state index contributed by atoms with van der Waals surface area (Å²) in [7, 11) is 1.69. The third-order valence-corrected chi connectivity index (χ3v) is 6.23. The van der Waals surface area contributed by atoms with E-state index in [1.165, 1.54) is 29.2 Å². The van der Waals surface area contributed by atoms with Crippen LogP contribution in [0.3, 0.4) is 0 Å². The normalized spacial score (nSPS) is 11.8. The van der Waals surface area contributed by atoms with Gasteiger partial charge in [0.05, 0.1) is 12.8 Å². The zero-order chi connectivity index (χ0) is 25.8. The zero-order valence-corrected chi connectivity index (χ0v) is 22.5. The Morgan fingerprint density at radius 2 is 1.23 bits per heavy atom. The van der Waals surface area contributed by atoms with Crippen LogP contribution in [0.15, 0.2) is 66.7 Å². The van der Waals surface area contributed by atoms with E-state index in [1.807, 2.05) is 18.2 Å². The van der Waals surface area contributed by atoms with Gasteiger partial charge < -0.3 is 15.0 Å². The fraction of sp³-hybridized carbons (Fsp3) is 0.387. The number of carbonyl (C=O) groups is 1. The van der Waals surface area contributed by atoms with Gasteiger partial charge in [0.25, 0.3) is 0 Å². The minimum Gasteiger partial charge on any atom is -0.495 e. The summed E-state index contributed by atoms with van der Waals surface area (Å²) in [6, 6.07) is 23.5. The first-order valence-corrected chi connectivity index (χ1v) is 12.3. The number of ether oxygens (including phenoxy) is 1. The Hall–Kier alpha value is -3.27. The van der Waals surface area contributed by atoms with E-state index in [1.54, 1.807) is 7.11 Å². The lowest BCUT2D eigenvalue weighted by atomic mass is 9.86. The molecule has 0 spiro atoms. The molecule has 0 saturated heterocycles. The lowest BCUT2D eigenvalue weighted by molar-refractivity contribution is -0.114. The van der Waals surface area contributed by atoms with Gasteiger partial charge in [-0.25, -0.2) is 0 Å². The van der Waals surface area contributed by atoms with E-state index in [0.29, 0.717) is 13.1 Å². The standard InChI is InChI=1S/C31H40N2O2/c1-22(34)32-27-17-18-29(35-8)28(19-27)33(20-23-9-13-25(14-10-23)30(2,3)4)21-24-11-15-26(16-12-24)31(5,6)7/h9-19H,20-21H2,1-8H3,(H,32,34). The van der Waals surface area contributed by atoms with Crippen LogP contribution in [0.5, 0.6) is 5.75 Å². The van der Waals surface area contributed by atoms with Crippen LogP contribution in [0.2, 0.25) is 0 Å². The summed E-state index contributed by atoms with van der Waals surface area (Å²) in [5, 5.41) is 2.91. The highest BCUT2D eigenvalue weighted by molar-refractivity contribution is 5.89. The molecule has 0 saturated carbocycles. The third kappa shape index (κ3) is 7.11. The van der Waals surface area contributed by atoms with E-state index >= 15 is 0 Å². The molecule has 0 unspecified atom stereocenters. The number of hydrogen-bond donors (Lipinski definition) is 1. The summed E-state index contributed by atoms with van der Waals surface area (Å²) in [6.07, 6.45) is 0. The second kappa shape index (κ2) is 10.6. The van der Waals surface area contributed by atoms with Crippen molar-refractivity contribution in [3.05, 3.63) is 89.0 Å². The maximum Gasteiger partial charge on any atom is 0.221 e. The van der Waals surface area contributed by atoms with Crippen LogP contribution in [-0.2, 0) is 28.7 Å². The van der Waals surface area contributed by atoms with Crippen molar-refractivity contribution in [3.8, 4) is 5.75 Å². The monoisotopic (exact) mass is 472 g/mol. The first-order chi connectivity index (χ1) is 16.4. The fourth-order valence-electron chi connectivity index (χ4n) is 4.11. The van der Waals surface area contributed by atoms with Gasteiger partial charge >= 0.3 is 0 Å². The van der Waals surface area contributed by atoms with Gasteiger partial charge in [-0.05, 0) is 51.3 Å². The van der Waals surface area contributed by atoms with E-state index < -0.39 is 0 Å². The van der Waals surface area contributed by atoms with Crippen molar-refractivity contribution >= 4 is 17.3 Å². The van der Waals surface area contributed by atoms with Crippen LogP contribution in [0, 0.1) is 0 Å². The number of carbonyl (C=O) groups excluding carboxylic acids is 1. The predicted octanol–water partition coefficient (Wildman–Crippen LogP) is 7.46. The van der Waals surface area contributed by atoms with E-state index in [-0.39, 0.29) is 16.7 Å². The molecule has 1 amide bonds. The van der Waals surface area contributed by atoms with Crippen molar-refractivity contribution < 1.29 is 9.53 Å². The number of amides is 1. The molecule has 3 aromatic rings. The van der Waals surface area contributed by atoms with Crippen molar-refractivity contribution in [1.29, 1.82) is 0 Å². The summed E-state index contributed by atoms with van der Waals surface area (Å²) in [5.41, 5.74) is 6.99. The number of nitrogens with one attached hydrogen (secondary N) is 1. The molecule has 3 rings (SSSR count). The second-order valence-electron chi connectivity index (χ2n) is 11.3. The summed E-state index contributed by atoms with van der Waals surface area (Å²) >= 11 is 0. The smallest absolute Gasteiger partial charge is 0.221 e. The highest BCUT2D eigenvalue weighted by Crippen LogP contribution is 2.34. The summed E-state index contributed by atoms with van der Waals surface area (Å²) in [6.45, 7) is 16.3. The van der Waals surface area contributed by atoms with Crippen molar-refractivity contribution in [2.45, 2.75) is 72.4 Å². The van der Waals surface area contributed by atoms with Crippen molar-refractivity contribution in [3.63, 3.8) is 0 Å². The molecular formula is C31H40N2O2. The largest absolute Gasteiger partial charge is 0.495 e. The van der Waals surface area contributed by atoms with E-state index in [9.17, 15) is 4.79 Å². The van der Waals surface area contributed by atoms with E-state index in [4.69, 9.17) is 4.74 Å². The highest BCUT2D eigenvalue weighted by Gasteiger charge is 2.18. The molecule has 0 fully saturated rings. The molecule has 0 aromatic heterocycles. The van der Waals surface area contributed by atoms with Crippen LogP contribution in [-0.4, -0.2) is 13.0 Å². The topological polar surface area (TPSA) is 41.6 Å². The second-order valence-corrected chi connectivity index (χ2v) is 11.3. The number of hydrogen-bond acceptors (Lipinski definition) is 3. The molecule has 0 atom stereocenters. The maximum atomic E-state index is 11.7. The minimum absolute atomic E-state index is 0.0943. The first kappa shape index (κ1) is 26.3. The lowest BCUT2D eigenvalue weighted by Crippen LogP contribution is -2.23. The molecule has 1 N–H and O–H groups in total. The van der Waals surface area contributed by atoms with Crippen LogP contribution in [0.4, 0.5) is 11.4 Å². The summed E-state index contributed by atoms with van der Waals surface area (Å²) < 4.78 is 5.73. The molecule has 3 aromatic carbocycles. The van der Waals surface area contributed by atoms with Gasteiger partial charge in [0.15, 0.2) is 0 Å². The molecule has 0 aliphatic heterocycles. The predicted molar refractivity (Wildman–Crippen MR) is 147 cm³/mol. The third-order valence-electron chi connectivity index (χ3n) is 6.23. The minimum atomic E-state index is -0.0943. The first-order valence-electron chi connectivity index (χ1n) is 12.3. The summed E-state index contributed by atoms with van der Waals surface area (Å²) in [4.78, 5) is 14.0. The SMILES string of the molecule is COc1ccc(NC(C)=O)cc1N(Cc1ccc(C(C)(C)C)cc1)Cc1ccc(C(C)(C)C)cc1. The van der Waals surface area contributed by atoms with Crippen molar-refractivity contribution in [1.82, 2.24) is 0 Å². The Labute approximate surface area is 211 Å². The molecule has 4 heteroatoms. The number of methoxy groups -OCH3 is 1. The quantitative estimate of drug-likeness (QED) is 0.388. The number of rotatable bonds is 7. The molecule has 186 valence electrons. The molecule has 0 bridgehead atoms. The molecule has 0 heterocycles. The Kier molecular flexibility index (Phi) is 7.94. The molecule has 0 radical (unpaired) electrons. The van der Waals surface area contributed by atoms with Crippen molar-refractivity contribution in [2.24, 2.45) is 0 Å². The number of nitrogens with zero attached hydrogens (tertiary/aromatic N) is 1. The molecule has 35 heavy (non-hydrogen) atoms. The van der Waals surface area contributed by atoms with Crippen LogP contribution in [0.1, 0.15) is 70.7 Å². The highest BCUT2D eigenvalue weighted by atomic mass is 16.5. The Bertz CT molecular complexity index is 1080. The Balaban J connectivity index is 1.99. The molecular weight excluding hydrogens is 432 g/mol. The number of benzene rings is 3. The Morgan fingerprint density at radius 3 is 1.60 bits per heavy atom. The average Bonchev–Trinajstić information content (AvgIpc) is 2.78. The Morgan fingerprint density at radius 1 is 0.771 bits per heavy atom. The van der Waals surface area contributed by atoms with Gasteiger partial charge in [0, 0.05) is 25.7 Å². The molecule has 0 aliphatic rings. The van der Waals surface area contributed by atoms with Crippen LogP contribution < -0.4 is 15.0 Å². The van der Waals surface area contributed by atoms with Gasteiger partial charge in [-0.3, -0.25) is 4.79 Å². The van der Waals surface area contributed by atoms with Gasteiger partial charge in [0.1, 0.15) is 5.75 Å². The van der Waals surface area contributed by atoms with Crippen molar-refractivity contribution in [2.75, 3.05) is 17.3 Å². The zero-order valence-electron chi connectivity index (χ0n) is 22.5. The summed E-state index contributed by atoms with van der Waals surface area (Å²) in [5.74, 6) is 0.680. The van der Waals surface area contributed by atoms with Gasteiger partial charge in [0.2, 0.25) is 5.91 Å². The number of anilines is 2. The van der Waals surface area contributed by atoms with Gasteiger partial charge in [-0.1, -0.05) is 90.1 Å². The maximum absolute atomic E-state index is 11.7. The molecule has 4 nitrogen and oxygen atoms in total. The molecule has 0 aliphatic carbocycles. The van der Waals surface area contributed by atoms with Crippen LogP contribution in [0.25, 0.3) is 0 Å².